The Kier molecular flexibility index (Phi) is 6.05. The minimum Gasteiger partial charge on any atom is -0.308 e. The molecule has 1 heterocycles. The first-order valence-corrected chi connectivity index (χ1v) is 15.1. The molecular weight excluding hydrogens is 527 g/mol. The lowest BCUT2D eigenvalue weighted by molar-refractivity contribution is 1.31. The van der Waals surface area contributed by atoms with Crippen LogP contribution in [0.2, 0.25) is 0 Å². The fourth-order valence-electron chi connectivity index (χ4n) is 6.00. The number of thiophene rings is 1. The molecule has 0 bridgehead atoms. The molecule has 0 spiro atoms. The van der Waals surface area contributed by atoms with E-state index in [4.69, 9.17) is 0 Å². The fourth-order valence-corrected chi connectivity index (χ4v) is 7.23. The molecule has 0 aliphatic rings. The van der Waals surface area contributed by atoms with Crippen molar-refractivity contribution in [1.29, 1.82) is 0 Å². The van der Waals surface area contributed by atoms with Crippen molar-refractivity contribution < 1.29 is 0 Å². The topological polar surface area (TPSA) is 3.24 Å². The molecule has 198 valence electrons. The molecular formula is C40H27NS. The van der Waals surface area contributed by atoms with Gasteiger partial charge in [-0.2, -0.15) is 0 Å². The van der Waals surface area contributed by atoms with Gasteiger partial charge in [-0.15, -0.1) is 11.3 Å². The van der Waals surface area contributed by atoms with Gasteiger partial charge in [0.1, 0.15) is 0 Å². The molecule has 0 saturated carbocycles. The van der Waals surface area contributed by atoms with Gasteiger partial charge in [0.2, 0.25) is 0 Å². The van der Waals surface area contributed by atoms with Crippen molar-refractivity contribution in [3.63, 3.8) is 0 Å². The summed E-state index contributed by atoms with van der Waals surface area (Å²) < 4.78 is 2.61. The summed E-state index contributed by atoms with van der Waals surface area (Å²) in [4.78, 5) is 2.45. The third kappa shape index (κ3) is 4.25. The van der Waals surface area contributed by atoms with E-state index in [1.807, 2.05) is 11.3 Å². The van der Waals surface area contributed by atoms with Gasteiger partial charge in [0.25, 0.3) is 0 Å². The maximum atomic E-state index is 2.45. The molecule has 42 heavy (non-hydrogen) atoms. The first-order valence-electron chi connectivity index (χ1n) is 14.3. The molecule has 0 aliphatic carbocycles. The lowest BCUT2D eigenvalue weighted by atomic mass is 10.0. The Hall–Kier alpha value is -5.18. The molecule has 8 rings (SSSR count). The van der Waals surface area contributed by atoms with E-state index in [0.29, 0.717) is 0 Å². The zero-order chi connectivity index (χ0) is 27.9. The molecule has 0 fully saturated rings. The second-order valence-electron chi connectivity index (χ2n) is 10.6. The van der Waals surface area contributed by atoms with Crippen molar-refractivity contribution >= 4 is 59.3 Å². The molecule has 0 radical (unpaired) electrons. The summed E-state index contributed by atoms with van der Waals surface area (Å²) in [5.41, 5.74) is 8.37. The number of nitrogens with zero attached hydrogens (tertiary/aromatic N) is 1. The van der Waals surface area contributed by atoms with Gasteiger partial charge in [-0.1, -0.05) is 127 Å². The Balaban J connectivity index is 1.38. The van der Waals surface area contributed by atoms with Crippen molar-refractivity contribution in [3.8, 4) is 22.3 Å². The second-order valence-corrected chi connectivity index (χ2v) is 11.6. The van der Waals surface area contributed by atoms with Crippen LogP contribution in [0.4, 0.5) is 17.1 Å². The molecule has 1 nitrogen and oxygen atoms in total. The van der Waals surface area contributed by atoms with Crippen molar-refractivity contribution in [2.75, 3.05) is 4.90 Å². The minimum absolute atomic E-state index is 1.14. The first-order chi connectivity index (χ1) is 20.8. The van der Waals surface area contributed by atoms with Crippen LogP contribution in [0.25, 0.3) is 53.2 Å². The van der Waals surface area contributed by atoms with Crippen LogP contribution in [-0.4, -0.2) is 0 Å². The van der Waals surface area contributed by atoms with E-state index in [2.05, 4.69) is 169 Å². The molecule has 2 heteroatoms. The summed E-state index contributed by atoms with van der Waals surface area (Å²) >= 11 is 1.88. The number of rotatable bonds is 5. The average Bonchev–Trinajstić information content (AvgIpc) is 3.44. The van der Waals surface area contributed by atoms with E-state index in [9.17, 15) is 0 Å². The van der Waals surface area contributed by atoms with E-state index < -0.39 is 0 Å². The highest BCUT2D eigenvalue weighted by molar-refractivity contribution is 7.26. The molecule has 1 aromatic heterocycles. The molecule has 0 saturated heterocycles. The monoisotopic (exact) mass is 553 g/mol. The Bertz CT molecular complexity index is 2080. The summed E-state index contributed by atoms with van der Waals surface area (Å²) in [6, 6.07) is 59.1. The Labute approximate surface area is 249 Å². The summed E-state index contributed by atoms with van der Waals surface area (Å²) in [6.07, 6.45) is 0. The van der Waals surface area contributed by atoms with Crippen molar-refractivity contribution in [2.24, 2.45) is 0 Å². The van der Waals surface area contributed by atoms with Crippen LogP contribution in [0, 0.1) is 0 Å². The molecule has 8 aromatic rings. The molecule has 0 unspecified atom stereocenters. The number of hydrogen-bond acceptors (Lipinski definition) is 2. The zero-order valence-electron chi connectivity index (χ0n) is 22.9. The number of benzene rings is 7. The third-order valence-electron chi connectivity index (χ3n) is 8.05. The first kappa shape index (κ1) is 24.6. The van der Waals surface area contributed by atoms with Crippen LogP contribution in [0.3, 0.4) is 0 Å². The van der Waals surface area contributed by atoms with Gasteiger partial charge in [0.05, 0.1) is 10.4 Å². The summed E-state index contributed by atoms with van der Waals surface area (Å²) in [7, 11) is 0. The average molecular weight is 554 g/mol. The number of hydrogen-bond donors (Lipinski definition) is 0. The van der Waals surface area contributed by atoms with E-state index in [1.165, 1.54) is 58.9 Å². The maximum absolute atomic E-state index is 2.45. The summed E-state index contributed by atoms with van der Waals surface area (Å²) in [5.74, 6) is 0. The quantitative estimate of drug-likeness (QED) is 0.205. The second kappa shape index (κ2) is 10.3. The highest BCUT2D eigenvalue weighted by Crippen LogP contribution is 2.48. The lowest BCUT2D eigenvalue weighted by Crippen LogP contribution is -2.10. The van der Waals surface area contributed by atoms with Gasteiger partial charge < -0.3 is 4.90 Å². The Morgan fingerprint density at radius 2 is 0.857 bits per heavy atom. The van der Waals surface area contributed by atoms with E-state index in [-0.39, 0.29) is 0 Å². The summed E-state index contributed by atoms with van der Waals surface area (Å²) in [6.45, 7) is 0. The fraction of sp³-hybridized carbons (Fsp3) is 0. The van der Waals surface area contributed by atoms with E-state index in [1.54, 1.807) is 0 Å². The summed E-state index contributed by atoms with van der Waals surface area (Å²) in [5, 5.41) is 5.10. The molecule has 7 aromatic carbocycles. The van der Waals surface area contributed by atoms with Crippen molar-refractivity contribution in [3.05, 3.63) is 164 Å². The molecule has 0 aliphatic heterocycles. The van der Waals surface area contributed by atoms with Crippen LogP contribution in [0.1, 0.15) is 0 Å². The molecule has 0 N–H and O–H groups in total. The standard InChI is InChI=1S/C40H27NS/c1-3-11-28(12-4-1)30-19-23-33(24-20-30)41(34-25-21-31(22-26-34)29-13-5-2-6-14-29)39-35-16-8-7-15-32(35)27-37-36-17-9-10-18-38(36)42-40(37)39/h1-27H. The van der Waals surface area contributed by atoms with E-state index >= 15 is 0 Å². The van der Waals surface area contributed by atoms with Crippen molar-refractivity contribution in [1.82, 2.24) is 0 Å². The Morgan fingerprint density at radius 3 is 1.45 bits per heavy atom. The van der Waals surface area contributed by atoms with Gasteiger partial charge in [0, 0.05) is 32.2 Å². The van der Waals surface area contributed by atoms with Gasteiger partial charge in [0.15, 0.2) is 0 Å². The Morgan fingerprint density at radius 1 is 0.381 bits per heavy atom. The number of fused-ring (bicyclic) bond motifs is 4. The highest BCUT2D eigenvalue weighted by atomic mass is 32.1. The largest absolute Gasteiger partial charge is 0.308 e. The highest BCUT2D eigenvalue weighted by Gasteiger charge is 2.21. The van der Waals surface area contributed by atoms with Gasteiger partial charge in [-0.3, -0.25) is 0 Å². The predicted molar refractivity (Wildman–Crippen MR) is 182 cm³/mol. The third-order valence-corrected chi connectivity index (χ3v) is 9.25. The predicted octanol–water partition coefficient (Wildman–Crippen LogP) is 12.0. The van der Waals surface area contributed by atoms with Crippen LogP contribution in [0.15, 0.2) is 164 Å². The van der Waals surface area contributed by atoms with Crippen LogP contribution in [0.5, 0.6) is 0 Å². The normalized spacial score (nSPS) is 11.3. The van der Waals surface area contributed by atoms with Gasteiger partial charge >= 0.3 is 0 Å². The molecule has 0 amide bonds. The van der Waals surface area contributed by atoms with Crippen molar-refractivity contribution in [2.45, 2.75) is 0 Å². The van der Waals surface area contributed by atoms with Gasteiger partial charge in [-0.25, -0.2) is 0 Å². The van der Waals surface area contributed by atoms with Gasteiger partial charge in [-0.05, 0) is 64.0 Å². The van der Waals surface area contributed by atoms with Crippen LogP contribution < -0.4 is 4.90 Å². The smallest absolute Gasteiger partial charge is 0.0718 e. The van der Waals surface area contributed by atoms with Crippen LogP contribution in [-0.2, 0) is 0 Å². The SMILES string of the molecule is c1ccc(-c2ccc(N(c3ccc(-c4ccccc4)cc3)c3c4ccccc4cc4c3sc3ccccc34)cc2)cc1. The zero-order valence-corrected chi connectivity index (χ0v) is 23.8. The lowest BCUT2D eigenvalue weighted by Gasteiger charge is -2.28. The number of anilines is 3. The minimum atomic E-state index is 1.14. The van der Waals surface area contributed by atoms with E-state index in [0.717, 1.165) is 11.4 Å². The van der Waals surface area contributed by atoms with Crippen LogP contribution >= 0.6 is 11.3 Å². The maximum Gasteiger partial charge on any atom is 0.0718 e. The molecule has 0 atom stereocenters.